The lowest BCUT2D eigenvalue weighted by atomic mass is 10.0. The number of halogens is 1. The molecular formula is C21H23ClN4O. The normalized spacial score (nSPS) is 11.0. The highest BCUT2D eigenvalue weighted by molar-refractivity contribution is 6.31. The molecule has 0 fully saturated rings. The summed E-state index contributed by atoms with van der Waals surface area (Å²) in [6.45, 7) is 8.51. The van der Waals surface area contributed by atoms with Gasteiger partial charge in [0.15, 0.2) is 5.69 Å². The van der Waals surface area contributed by atoms with Crippen molar-refractivity contribution in [3.05, 3.63) is 75.6 Å². The van der Waals surface area contributed by atoms with Gasteiger partial charge in [-0.15, -0.1) is 5.10 Å². The quantitative estimate of drug-likeness (QED) is 0.702. The molecule has 140 valence electrons. The number of hydrogen-bond acceptors (Lipinski definition) is 3. The molecule has 6 heteroatoms. The summed E-state index contributed by atoms with van der Waals surface area (Å²) in [5, 5.41) is 11.7. The number of hydrogen-bond donors (Lipinski definition) is 1. The predicted octanol–water partition coefficient (Wildman–Crippen LogP) is 4.59. The standard InChI is InChI=1S/C21H23ClN4O/c1-13(2)17-8-6-16(7-9-17)12-23-21(27)20-15(4)26(25-24-20)18-10-5-14(3)19(22)11-18/h5-11,13H,12H2,1-4H3,(H,23,27). The van der Waals surface area contributed by atoms with E-state index in [4.69, 9.17) is 11.6 Å². The van der Waals surface area contributed by atoms with Gasteiger partial charge in [-0.1, -0.05) is 61.0 Å². The highest BCUT2D eigenvalue weighted by Crippen LogP contribution is 2.20. The Labute approximate surface area is 164 Å². The molecule has 0 aliphatic carbocycles. The number of aromatic nitrogens is 3. The van der Waals surface area contributed by atoms with Gasteiger partial charge in [0.25, 0.3) is 5.91 Å². The Morgan fingerprint density at radius 3 is 2.48 bits per heavy atom. The van der Waals surface area contributed by atoms with Crippen molar-refractivity contribution in [2.24, 2.45) is 0 Å². The van der Waals surface area contributed by atoms with Crippen LogP contribution in [0, 0.1) is 13.8 Å². The number of carbonyl (C=O) groups is 1. The van der Waals surface area contributed by atoms with Crippen molar-refractivity contribution >= 4 is 17.5 Å². The van der Waals surface area contributed by atoms with Gasteiger partial charge in [0.1, 0.15) is 0 Å². The Hall–Kier alpha value is -2.66. The molecule has 0 bridgehead atoms. The fourth-order valence-electron chi connectivity index (χ4n) is 2.78. The lowest BCUT2D eigenvalue weighted by Gasteiger charge is -2.08. The van der Waals surface area contributed by atoms with E-state index in [1.54, 1.807) is 4.68 Å². The molecule has 1 aromatic heterocycles. The number of amides is 1. The van der Waals surface area contributed by atoms with Gasteiger partial charge in [-0.05, 0) is 48.6 Å². The minimum atomic E-state index is -0.245. The third kappa shape index (κ3) is 4.19. The summed E-state index contributed by atoms with van der Waals surface area (Å²) in [7, 11) is 0. The molecule has 2 aromatic carbocycles. The molecule has 0 unspecified atom stereocenters. The van der Waals surface area contributed by atoms with Crippen LogP contribution in [0.1, 0.15) is 52.6 Å². The highest BCUT2D eigenvalue weighted by atomic mass is 35.5. The van der Waals surface area contributed by atoms with Crippen LogP contribution in [0.15, 0.2) is 42.5 Å². The zero-order chi connectivity index (χ0) is 19.6. The van der Waals surface area contributed by atoms with Crippen LogP contribution in [-0.4, -0.2) is 20.9 Å². The average Bonchev–Trinajstić information content (AvgIpc) is 3.04. The van der Waals surface area contributed by atoms with E-state index in [1.807, 2.05) is 44.2 Å². The highest BCUT2D eigenvalue weighted by Gasteiger charge is 2.17. The van der Waals surface area contributed by atoms with Crippen LogP contribution in [0.3, 0.4) is 0 Å². The zero-order valence-electron chi connectivity index (χ0n) is 16.0. The maximum Gasteiger partial charge on any atom is 0.274 e. The van der Waals surface area contributed by atoms with Crippen LogP contribution in [0.2, 0.25) is 5.02 Å². The molecule has 0 aliphatic heterocycles. The van der Waals surface area contributed by atoms with Crippen LogP contribution >= 0.6 is 11.6 Å². The van der Waals surface area contributed by atoms with Crippen molar-refractivity contribution in [1.29, 1.82) is 0 Å². The molecule has 3 aromatic rings. The van der Waals surface area contributed by atoms with Gasteiger partial charge in [0.05, 0.1) is 11.4 Å². The first-order valence-electron chi connectivity index (χ1n) is 8.92. The SMILES string of the molecule is Cc1ccc(-n2nnc(C(=O)NCc3ccc(C(C)C)cc3)c2C)cc1Cl. The minimum absolute atomic E-state index is 0.245. The fraction of sp³-hybridized carbons (Fsp3) is 0.286. The Morgan fingerprint density at radius 2 is 1.85 bits per heavy atom. The van der Waals surface area contributed by atoms with Gasteiger partial charge in [0.2, 0.25) is 0 Å². The lowest BCUT2D eigenvalue weighted by Crippen LogP contribution is -2.24. The van der Waals surface area contributed by atoms with Crippen LogP contribution < -0.4 is 5.32 Å². The first-order chi connectivity index (χ1) is 12.9. The maximum absolute atomic E-state index is 12.5. The van der Waals surface area contributed by atoms with Crippen LogP contribution in [-0.2, 0) is 6.54 Å². The molecule has 1 amide bonds. The van der Waals surface area contributed by atoms with Gasteiger partial charge in [0, 0.05) is 11.6 Å². The number of aryl methyl sites for hydroxylation is 1. The van der Waals surface area contributed by atoms with E-state index in [0.717, 1.165) is 16.8 Å². The van der Waals surface area contributed by atoms with E-state index in [-0.39, 0.29) is 5.91 Å². The molecule has 0 radical (unpaired) electrons. The molecular weight excluding hydrogens is 360 g/mol. The van der Waals surface area contributed by atoms with Crippen molar-refractivity contribution in [3.8, 4) is 5.69 Å². The lowest BCUT2D eigenvalue weighted by molar-refractivity contribution is 0.0945. The molecule has 0 spiro atoms. The molecule has 0 saturated heterocycles. The largest absolute Gasteiger partial charge is 0.347 e. The van der Waals surface area contributed by atoms with E-state index in [1.165, 1.54) is 5.56 Å². The zero-order valence-corrected chi connectivity index (χ0v) is 16.7. The molecule has 3 rings (SSSR count). The molecule has 1 N–H and O–H groups in total. The monoisotopic (exact) mass is 382 g/mol. The Kier molecular flexibility index (Phi) is 5.61. The maximum atomic E-state index is 12.5. The average molecular weight is 383 g/mol. The fourth-order valence-corrected chi connectivity index (χ4v) is 2.96. The van der Waals surface area contributed by atoms with Gasteiger partial charge in [-0.2, -0.15) is 0 Å². The second-order valence-corrected chi connectivity index (χ2v) is 7.35. The van der Waals surface area contributed by atoms with Gasteiger partial charge < -0.3 is 5.32 Å². The van der Waals surface area contributed by atoms with Gasteiger partial charge in [-0.25, -0.2) is 4.68 Å². The summed E-state index contributed by atoms with van der Waals surface area (Å²) >= 11 is 6.19. The first-order valence-corrected chi connectivity index (χ1v) is 9.30. The summed E-state index contributed by atoms with van der Waals surface area (Å²) in [4.78, 5) is 12.5. The number of benzene rings is 2. The summed E-state index contributed by atoms with van der Waals surface area (Å²) < 4.78 is 1.62. The van der Waals surface area contributed by atoms with Crippen molar-refractivity contribution in [1.82, 2.24) is 20.3 Å². The van der Waals surface area contributed by atoms with Gasteiger partial charge >= 0.3 is 0 Å². The van der Waals surface area contributed by atoms with Crippen LogP contribution in [0.25, 0.3) is 5.69 Å². The first kappa shape index (κ1) is 19.1. The van der Waals surface area contributed by atoms with Crippen molar-refractivity contribution < 1.29 is 4.79 Å². The Balaban J connectivity index is 1.72. The second-order valence-electron chi connectivity index (χ2n) is 6.95. The van der Waals surface area contributed by atoms with E-state index in [0.29, 0.717) is 28.9 Å². The third-order valence-electron chi connectivity index (χ3n) is 4.61. The molecule has 0 saturated carbocycles. The summed E-state index contributed by atoms with van der Waals surface area (Å²) in [6.07, 6.45) is 0. The Morgan fingerprint density at radius 1 is 1.15 bits per heavy atom. The molecule has 1 heterocycles. The number of nitrogens with zero attached hydrogens (tertiary/aromatic N) is 3. The number of nitrogens with one attached hydrogen (secondary N) is 1. The van der Waals surface area contributed by atoms with E-state index < -0.39 is 0 Å². The van der Waals surface area contributed by atoms with Gasteiger partial charge in [-0.3, -0.25) is 4.79 Å². The third-order valence-corrected chi connectivity index (χ3v) is 5.02. The summed E-state index contributed by atoms with van der Waals surface area (Å²) in [5.74, 6) is 0.242. The van der Waals surface area contributed by atoms with Crippen molar-refractivity contribution in [3.63, 3.8) is 0 Å². The summed E-state index contributed by atoms with van der Waals surface area (Å²) in [6, 6.07) is 13.9. The molecule has 0 atom stereocenters. The second kappa shape index (κ2) is 7.92. The molecule has 27 heavy (non-hydrogen) atoms. The van der Waals surface area contributed by atoms with Crippen molar-refractivity contribution in [2.75, 3.05) is 0 Å². The van der Waals surface area contributed by atoms with Crippen LogP contribution in [0.5, 0.6) is 0 Å². The predicted molar refractivity (Wildman–Crippen MR) is 108 cm³/mol. The molecule has 0 aliphatic rings. The molecule has 5 nitrogen and oxygen atoms in total. The number of carbonyl (C=O) groups excluding carboxylic acids is 1. The van der Waals surface area contributed by atoms with E-state index in [9.17, 15) is 4.79 Å². The smallest absolute Gasteiger partial charge is 0.274 e. The van der Waals surface area contributed by atoms with E-state index in [2.05, 4.69) is 41.6 Å². The number of rotatable bonds is 5. The van der Waals surface area contributed by atoms with E-state index >= 15 is 0 Å². The topological polar surface area (TPSA) is 59.8 Å². The van der Waals surface area contributed by atoms with Crippen LogP contribution in [0.4, 0.5) is 0 Å². The summed E-state index contributed by atoms with van der Waals surface area (Å²) in [5.41, 5.74) is 5.07. The van der Waals surface area contributed by atoms with Crippen molar-refractivity contribution in [2.45, 2.75) is 40.2 Å². The Bertz CT molecular complexity index is 961. The minimum Gasteiger partial charge on any atom is -0.347 e.